The van der Waals surface area contributed by atoms with E-state index in [2.05, 4.69) is 11.0 Å². The highest BCUT2D eigenvalue weighted by Crippen LogP contribution is 2.48. The largest absolute Gasteiger partial charge is 0.490 e. The molecule has 1 spiro atoms. The van der Waals surface area contributed by atoms with Gasteiger partial charge in [0, 0.05) is 23.5 Å². The van der Waals surface area contributed by atoms with Crippen LogP contribution < -0.4 is 9.64 Å². The molecule has 0 aromatic heterocycles. The van der Waals surface area contributed by atoms with Gasteiger partial charge in [0.05, 0.1) is 18.4 Å². The number of esters is 1. The number of rotatable bonds is 9. The smallest absolute Gasteiger partial charge is 0.341 e. The van der Waals surface area contributed by atoms with Crippen molar-refractivity contribution in [1.82, 2.24) is 0 Å². The van der Waals surface area contributed by atoms with Crippen molar-refractivity contribution >= 4 is 29.2 Å². The number of aliphatic carboxylic acids is 1. The molecule has 250 valence electrons. The Hall–Kier alpha value is -3.07. The molecule has 0 amide bonds. The lowest BCUT2D eigenvalue weighted by Crippen LogP contribution is -2.50. The van der Waals surface area contributed by atoms with E-state index in [1.54, 1.807) is 45.9 Å². The number of aryl methyl sites for hydroxylation is 1. The monoisotopic (exact) mass is 653 g/mol. The third-order valence-electron chi connectivity index (χ3n) is 10.2. The van der Waals surface area contributed by atoms with Gasteiger partial charge >= 0.3 is 11.9 Å². The highest BCUT2D eigenvalue weighted by atomic mass is 35.5. The molecule has 3 aliphatic rings. The summed E-state index contributed by atoms with van der Waals surface area (Å²) < 4.78 is 12.1. The van der Waals surface area contributed by atoms with Gasteiger partial charge in [-0.2, -0.15) is 0 Å². The molecule has 0 saturated heterocycles. The predicted octanol–water partition coefficient (Wildman–Crippen LogP) is 6.42. The fraction of sp³-hybridized carbons (Fsp3) is 0.568. The number of nitrogens with zero attached hydrogens (tertiary/aromatic N) is 1. The molecule has 1 aliphatic heterocycles. The molecule has 8 nitrogen and oxygen atoms in total. The number of benzene rings is 2. The maximum Gasteiger partial charge on any atom is 0.341 e. The molecule has 2 aromatic rings. The molecule has 1 fully saturated rings. The van der Waals surface area contributed by atoms with Crippen molar-refractivity contribution in [2.45, 2.75) is 95.9 Å². The number of carbonyl (C=O) groups excluding carboxylic acids is 1. The van der Waals surface area contributed by atoms with Crippen LogP contribution in [0.5, 0.6) is 5.75 Å². The summed E-state index contributed by atoms with van der Waals surface area (Å²) in [6.07, 6.45) is 7.93. The highest BCUT2D eigenvalue weighted by molar-refractivity contribution is 6.30. The minimum Gasteiger partial charge on any atom is -0.490 e. The minimum atomic E-state index is -2.53. The molecule has 1 saturated carbocycles. The van der Waals surface area contributed by atoms with Crippen LogP contribution in [0.15, 0.2) is 48.6 Å². The molecular weight excluding hydrogens is 606 g/mol. The standard InChI is InChI=1S/C37H48ClNO7/c1-6-9-31(40)27-14-11-24(27)20-39-21-36(17-8-10-23-18-26(38)13-15-29(23)36)22-45-32-16-12-25(19-30(32)39)37(44,34(42)43)28(7-2)33(41)46-35(3,4)5/h6,9,12-13,15-16,18-19,24,27-28,31,40,44H,7-8,10-11,14,17,20-22H2,1-5H3,(H,42,43)/b9-6+/t24-,27+,28?,31?,36-,37?/m0/s1. The van der Waals surface area contributed by atoms with Crippen molar-refractivity contribution in [3.05, 3.63) is 70.3 Å². The summed E-state index contributed by atoms with van der Waals surface area (Å²) in [5.41, 5.74) is -0.549. The second kappa shape index (κ2) is 13.2. The van der Waals surface area contributed by atoms with Crippen LogP contribution in [0.1, 0.15) is 83.4 Å². The number of hydrogen-bond donors (Lipinski definition) is 3. The number of anilines is 1. The Kier molecular flexibility index (Phi) is 9.84. The van der Waals surface area contributed by atoms with Gasteiger partial charge in [-0.3, -0.25) is 4.79 Å². The van der Waals surface area contributed by atoms with Crippen LogP contribution in [0.4, 0.5) is 5.69 Å². The van der Waals surface area contributed by atoms with Gasteiger partial charge in [0.15, 0.2) is 0 Å². The third kappa shape index (κ3) is 6.54. The number of carboxylic acids is 1. The Morgan fingerprint density at radius 3 is 2.59 bits per heavy atom. The first kappa shape index (κ1) is 34.3. The average molecular weight is 654 g/mol. The Morgan fingerprint density at radius 2 is 1.96 bits per heavy atom. The van der Waals surface area contributed by atoms with E-state index in [1.807, 2.05) is 31.2 Å². The van der Waals surface area contributed by atoms with Gasteiger partial charge in [-0.1, -0.05) is 42.8 Å². The van der Waals surface area contributed by atoms with Gasteiger partial charge in [0.25, 0.3) is 0 Å². The third-order valence-corrected chi connectivity index (χ3v) is 10.4. The molecule has 2 aliphatic carbocycles. The van der Waals surface area contributed by atoms with Crippen molar-refractivity contribution in [2.75, 3.05) is 24.6 Å². The summed E-state index contributed by atoms with van der Waals surface area (Å²) in [6.45, 7) is 10.4. The quantitative estimate of drug-likeness (QED) is 0.210. The van der Waals surface area contributed by atoms with Gasteiger partial charge < -0.3 is 29.7 Å². The zero-order chi connectivity index (χ0) is 33.4. The van der Waals surface area contributed by atoms with Crippen LogP contribution in [-0.4, -0.2) is 58.7 Å². The van der Waals surface area contributed by atoms with E-state index < -0.39 is 35.2 Å². The summed E-state index contributed by atoms with van der Waals surface area (Å²) in [6, 6.07) is 11.0. The molecule has 6 atom stereocenters. The number of ether oxygens (including phenoxy) is 2. The number of hydrogen-bond acceptors (Lipinski definition) is 7. The summed E-state index contributed by atoms with van der Waals surface area (Å²) in [5, 5.41) is 34.0. The summed E-state index contributed by atoms with van der Waals surface area (Å²) in [5.74, 6) is -2.73. The molecular formula is C37H48ClNO7. The van der Waals surface area contributed by atoms with Gasteiger partial charge in [0.1, 0.15) is 17.3 Å². The molecule has 0 radical (unpaired) electrons. The molecule has 1 heterocycles. The van der Waals surface area contributed by atoms with E-state index in [4.69, 9.17) is 21.1 Å². The lowest BCUT2D eigenvalue weighted by atomic mass is 9.68. The number of aliphatic hydroxyl groups excluding tert-OH is 1. The molecule has 46 heavy (non-hydrogen) atoms. The number of carboxylic acid groups (broad SMARTS) is 1. The number of fused-ring (bicyclic) bond motifs is 3. The predicted molar refractivity (Wildman–Crippen MR) is 178 cm³/mol. The van der Waals surface area contributed by atoms with Gasteiger partial charge in [-0.05, 0) is 119 Å². The van der Waals surface area contributed by atoms with Crippen LogP contribution in [-0.2, 0) is 31.8 Å². The molecule has 9 heteroatoms. The molecule has 5 rings (SSSR count). The van der Waals surface area contributed by atoms with Crippen molar-refractivity contribution in [3.8, 4) is 5.75 Å². The zero-order valence-corrected chi connectivity index (χ0v) is 28.3. The fourth-order valence-corrected chi connectivity index (χ4v) is 7.92. The van der Waals surface area contributed by atoms with Crippen LogP contribution in [0.3, 0.4) is 0 Å². The molecule has 3 N–H and O–H groups in total. The molecule has 0 bridgehead atoms. The lowest BCUT2D eigenvalue weighted by Gasteiger charge is -2.45. The zero-order valence-electron chi connectivity index (χ0n) is 27.6. The normalized spacial score (nSPS) is 25.3. The SMILES string of the molecule is C/C=C/C(O)[C@@H]1CC[C@H]1CN1C[C@@]2(CCCc3cc(Cl)ccc32)COc2ccc(C(O)(C(=O)O)C(CC)C(=O)OC(C)(C)C)cc21. The Morgan fingerprint density at radius 1 is 1.20 bits per heavy atom. The van der Waals surface area contributed by atoms with E-state index in [1.165, 1.54) is 11.1 Å². The summed E-state index contributed by atoms with van der Waals surface area (Å²) >= 11 is 6.41. The molecule has 2 aromatic carbocycles. The van der Waals surface area contributed by atoms with E-state index in [-0.39, 0.29) is 29.2 Å². The second-order valence-corrected chi connectivity index (χ2v) is 14.8. The number of allylic oxidation sites excluding steroid dienone is 1. The second-order valence-electron chi connectivity index (χ2n) is 14.4. The maximum atomic E-state index is 13.3. The van der Waals surface area contributed by atoms with E-state index >= 15 is 0 Å². The summed E-state index contributed by atoms with van der Waals surface area (Å²) in [7, 11) is 0. The van der Waals surface area contributed by atoms with Crippen LogP contribution in [0, 0.1) is 17.8 Å². The number of halogens is 1. The lowest BCUT2D eigenvalue weighted by molar-refractivity contribution is -0.184. The van der Waals surface area contributed by atoms with Crippen LogP contribution in [0.25, 0.3) is 0 Å². The van der Waals surface area contributed by atoms with E-state index in [0.717, 1.165) is 32.1 Å². The van der Waals surface area contributed by atoms with Crippen LogP contribution in [0.2, 0.25) is 5.02 Å². The van der Waals surface area contributed by atoms with E-state index in [9.17, 15) is 24.9 Å². The van der Waals surface area contributed by atoms with Gasteiger partial charge in [-0.25, -0.2) is 4.79 Å². The Labute approximate surface area is 277 Å². The number of aliphatic hydroxyl groups is 2. The van der Waals surface area contributed by atoms with Crippen molar-refractivity contribution in [2.24, 2.45) is 17.8 Å². The van der Waals surface area contributed by atoms with Gasteiger partial charge in [-0.15, -0.1) is 0 Å². The summed E-state index contributed by atoms with van der Waals surface area (Å²) in [4.78, 5) is 28.4. The van der Waals surface area contributed by atoms with E-state index in [0.29, 0.717) is 36.2 Å². The Balaban J connectivity index is 1.59. The Bertz CT molecular complexity index is 1480. The van der Waals surface area contributed by atoms with Crippen molar-refractivity contribution in [1.29, 1.82) is 0 Å². The fourth-order valence-electron chi connectivity index (χ4n) is 7.72. The number of carbonyl (C=O) groups is 2. The first-order valence-corrected chi connectivity index (χ1v) is 16.9. The van der Waals surface area contributed by atoms with Crippen molar-refractivity contribution in [3.63, 3.8) is 0 Å². The first-order valence-electron chi connectivity index (χ1n) is 16.5. The minimum absolute atomic E-state index is 0.0596. The topological polar surface area (TPSA) is 117 Å². The van der Waals surface area contributed by atoms with Crippen molar-refractivity contribution < 1.29 is 34.4 Å². The average Bonchev–Trinajstić information content (AvgIpc) is 3.11. The maximum absolute atomic E-state index is 13.3. The van der Waals surface area contributed by atoms with Gasteiger partial charge in [0.2, 0.25) is 5.60 Å². The highest BCUT2D eigenvalue weighted by Gasteiger charge is 2.51. The van der Waals surface area contributed by atoms with Crippen LogP contribution >= 0.6 is 11.6 Å². The first-order chi connectivity index (χ1) is 21.7. The molecule has 3 unspecified atom stereocenters.